The molecule has 0 atom stereocenters. The number of imide groups is 1. The number of aliphatic carboxylic acids is 1. The number of nitrogens with zero attached hydrogens (tertiary/aromatic N) is 1. The van der Waals surface area contributed by atoms with E-state index in [4.69, 9.17) is 5.11 Å². The minimum atomic E-state index is -1.22. The van der Waals surface area contributed by atoms with Crippen LogP contribution in [0.15, 0.2) is 33.6 Å². The van der Waals surface area contributed by atoms with Crippen LogP contribution >= 0.6 is 27.7 Å². The Morgan fingerprint density at radius 2 is 2.16 bits per heavy atom. The molecule has 1 heterocycles. The zero-order valence-electron chi connectivity index (χ0n) is 9.50. The third kappa shape index (κ3) is 3.24. The summed E-state index contributed by atoms with van der Waals surface area (Å²) in [6.07, 6.45) is 1.57. The largest absolute Gasteiger partial charge is 0.480 e. The first-order valence-electron chi connectivity index (χ1n) is 5.20. The molecule has 0 aliphatic carbocycles. The molecule has 0 spiro atoms. The molecule has 7 heteroatoms. The van der Waals surface area contributed by atoms with Gasteiger partial charge in [-0.3, -0.25) is 19.3 Å². The molecule has 1 aliphatic heterocycles. The van der Waals surface area contributed by atoms with Crippen LogP contribution in [0, 0.1) is 0 Å². The minimum absolute atomic E-state index is 0.226. The molecule has 1 N–H and O–H groups in total. The Morgan fingerprint density at radius 1 is 1.42 bits per heavy atom. The Morgan fingerprint density at radius 3 is 2.79 bits per heavy atom. The highest BCUT2D eigenvalue weighted by atomic mass is 79.9. The Labute approximate surface area is 121 Å². The van der Waals surface area contributed by atoms with Crippen molar-refractivity contribution < 1.29 is 19.5 Å². The van der Waals surface area contributed by atoms with Crippen LogP contribution < -0.4 is 0 Å². The van der Waals surface area contributed by atoms with Crippen LogP contribution in [0.4, 0.5) is 4.79 Å². The van der Waals surface area contributed by atoms with Crippen molar-refractivity contribution in [3.8, 4) is 0 Å². The summed E-state index contributed by atoms with van der Waals surface area (Å²) in [4.78, 5) is 34.9. The summed E-state index contributed by atoms with van der Waals surface area (Å²) < 4.78 is 0.853. The first-order chi connectivity index (χ1) is 8.97. The molecule has 1 fully saturated rings. The molecular formula is C12H8BrNO4S. The second kappa shape index (κ2) is 5.58. The van der Waals surface area contributed by atoms with Crippen molar-refractivity contribution >= 4 is 50.9 Å². The van der Waals surface area contributed by atoms with Crippen LogP contribution in [0.5, 0.6) is 0 Å². The van der Waals surface area contributed by atoms with Gasteiger partial charge < -0.3 is 5.11 Å². The van der Waals surface area contributed by atoms with Crippen LogP contribution in [0.3, 0.4) is 0 Å². The van der Waals surface area contributed by atoms with Gasteiger partial charge in [0.25, 0.3) is 11.1 Å². The number of hydrogen-bond acceptors (Lipinski definition) is 4. The van der Waals surface area contributed by atoms with Crippen LogP contribution in [0.25, 0.3) is 6.08 Å². The average molecular weight is 342 g/mol. The van der Waals surface area contributed by atoms with E-state index in [1.165, 1.54) is 0 Å². The van der Waals surface area contributed by atoms with Crippen molar-refractivity contribution in [3.63, 3.8) is 0 Å². The van der Waals surface area contributed by atoms with E-state index in [-0.39, 0.29) is 4.91 Å². The van der Waals surface area contributed by atoms with Crippen LogP contribution in [0.1, 0.15) is 5.56 Å². The van der Waals surface area contributed by atoms with Gasteiger partial charge in [-0.15, -0.1) is 0 Å². The van der Waals surface area contributed by atoms with Crippen molar-refractivity contribution in [1.82, 2.24) is 4.90 Å². The lowest BCUT2D eigenvalue weighted by molar-refractivity contribution is -0.140. The zero-order valence-corrected chi connectivity index (χ0v) is 11.9. The van der Waals surface area contributed by atoms with E-state index in [1.807, 2.05) is 6.07 Å². The third-order valence-corrected chi connectivity index (χ3v) is 3.71. The molecule has 98 valence electrons. The average Bonchev–Trinajstić information content (AvgIpc) is 2.57. The molecule has 0 bridgehead atoms. The predicted octanol–water partition coefficient (Wildman–Crippen LogP) is 2.57. The second-order valence-electron chi connectivity index (χ2n) is 3.72. The number of thioether (sulfide) groups is 1. The molecule has 1 saturated heterocycles. The number of carboxylic acids is 1. The van der Waals surface area contributed by atoms with Gasteiger partial charge >= 0.3 is 5.97 Å². The van der Waals surface area contributed by atoms with Gasteiger partial charge in [0.15, 0.2) is 0 Å². The molecule has 19 heavy (non-hydrogen) atoms. The molecule has 0 unspecified atom stereocenters. The second-order valence-corrected chi connectivity index (χ2v) is 5.63. The number of amides is 2. The van der Waals surface area contributed by atoms with E-state index in [9.17, 15) is 14.4 Å². The van der Waals surface area contributed by atoms with Gasteiger partial charge in [-0.05, 0) is 35.5 Å². The highest BCUT2D eigenvalue weighted by Gasteiger charge is 2.36. The molecule has 1 aliphatic rings. The molecule has 2 rings (SSSR count). The van der Waals surface area contributed by atoms with Gasteiger partial charge in [0.1, 0.15) is 6.54 Å². The monoisotopic (exact) mass is 341 g/mol. The van der Waals surface area contributed by atoms with Crippen LogP contribution in [0.2, 0.25) is 0 Å². The maximum Gasteiger partial charge on any atom is 0.323 e. The number of benzene rings is 1. The number of carbonyl (C=O) groups excluding carboxylic acids is 2. The van der Waals surface area contributed by atoms with E-state index in [2.05, 4.69) is 15.9 Å². The Hall–Kier alpha value is -1.60. The molecule has 1 aromatic rings. The maximum atomic E-state index is 11.9. The van der Waals surface area contributed by atoms with Gasteiger partial charge in [-0.2, -0.15) is 0 Å². The summed E-state index contributed by atoms with van der Waals surface area (Å²) in [6, 6.07) is 7.23. The Kier molecular flexibility index (Phi) is 4.06. The van der Waals surface area contributed by atoms with Crippen molar-refractivity contribution in [2.45, 2.75) is 0 Å². The van der Waals surface area contributed by atoms with Gasteiger partial charge in [0, 0.05) is 4.47 Å². The lowest BCUT2D eigenvalue weighted by Gasteiger charge is -2.07. The van der Waals surface area contributed by atoms with Crippen LogP contribution in [-0.2, 0) is 9.59 Å². The van der Waals surface area contributed by atoms with Gasteiger partial charge in [0.2, 0.25) is 0 Å². The molecule has 2 amide bonds. The highest BCUT2D eigenvalue weighted by Crippen LogP contribution is 2.32. The van der Waals surface area contributed by atoms with Gasteiger partial charge in [-0.1, -0.05) is 28.1 Å². The molecule has 0 saturated carbocycles. The topological polar surface area (TPSA) is 74.7 Å². The zero-order chi connectivity index (χ0) is 14.0. The summed E-state index contributed by atoms with van der Waals surface area (Å²) in [5, 5.41) is 8.08. The van der Waals surface area contributed by atoms with E-state index < -0.39 is 23.7 Å². The fourth-order valence-corrected chi connectivity index (χ4v) is 2.77. The van der Waals surface area contributed by atoms with Crippen molar-refractivity contribution in [2.24, 2.45) is 0 Å². The third-order valence-electron chi connectivity index (χ3n) is 2.31. The Bertz CT molecular complexity index is 599. The number of carbonyl (C=O) groups is 3. The number of hydrogen-bond donors (Lipinski definition) is 1. The molecule has 1 aromatic carbocycles. The van der Waals surface area contributed by atoms with Gasteiger partial charge in [-0.25, -0.2) is 0 Å². The maximum absolute atomic E-state index is 11.9. The minimum Gasteiger partial charge on any atom is -0.480 e. The highest BCUT2D eigenvalue weighted by molar-refractivity contribution is 9.10. The first-order valence-corrected chi connectivity index (χ1v) is 6.81. The quantitative estimate of drug-likeness (QED) is 0.855. The fourth-order valence-electron chi connectivity index (χ4n) is 1.52. The van der Waals surface area contributed by atoms with Crippen molar-refractivity contribution in [1.29, 1.82) is 0 Å². The van der Waals surface area contributed by atoms with E-state index in [0.29, 0.717) is 0 Å². The predicted molar refractivity (Wildman–Crippen MR) is 74.5 cm³/mol. The van der Waals surface area contributed by atoms with Crippen molar-refractivity contribution in [2.75, 3.05) is 6.54 Å². The summed E-state index contributed by atoms with van der Waals surface area (Å²) in [5.74, 6) is -1.79. The van der Waals surface area contributed by atoms with E-state index in [1.54, 1.807) is 24.3 Å². The van der Waals surface area contributed by atoms with E-state index >= 15 is 0 Å². The molecular weight excluding hydrogens is 334 g/mol. The standard InChI is InChI=1S/C12H8BrNO4S/c13-8-3-1-2-7(4-8)5-9-11(17)14(6-10(15)16)12(18)19-9/h1-5H,6H2,(H,15,16)/b9-5+. The molecule has 0 radical (unpaired) electrons. The van der Waals surface area contributed by atoms with Crippen LogP contribution in [-0.4, -0.2) is 33.7 Å². The number of rotatable bonds is 3. The number of halogens is 1. The smallest absolute Gasteiger partial charge is 0.323 e. The van der Waals surface area contributed by atoms with E-state index in [0.717, 1.165) is 26.7 Å². The summed E-state index contributed by atoms with van der Waals surface area (Å²) in [5.41, 5.74) is 0.759. The summed E-state index contributed by atoms with van der Waals surface area (Å²) in [6.45, 7) is -0.611. The lowest BCUT2D eigenvalue weighted by Crippen LogP contribution is -2.33. The molecule has 0 aromatic heterocycles. The lowest BCUT2D eigenvalue weighted by atomic mass is 10.2. The SMILES string of the molecule is O=C(O)CN1C(=O)S/C(=C/c2cccc(Br)c2)C1=O. The first kappa shape index (κ1) is 13.8. The normalized spacial score (nSPS) is 17.3. The summed E-state index contributed by atoms with van der Waals surface area (Å²) >= 11 is 4.05. The molecule has 5 nitrogen and oxygen atoms in total. The number of carboxylic acid groups (broad SMARTS) is 1. The van der Waals surface area contributed by atoms with Gasteiger partial charge in [0.05, 0.1) is 4.91 Å². The van der Waals surface area contributed by atoms with Crippen molar-refractivity contribution in [3.05, 3.63) is 39.2 Å². The Balaban J connectivity index is 2.25. The summed E-state index contributed by atoms with van der Waals surface area (Å²) in [7, 11) is 0. The fraction of sp³-hybridized carbons (Fsp3) is 0.0833.